The number of rotatable bonds is 0. The Kier molecular flexibility index (Phi) is 5.25. The van der Waals surface area contributed by atoms with Gasteiger partial charge in [-0.1, -0.05) is 0 Å². The van der Waals surface area contributed by atoms with Crippen LogP contribution in [-0.4, -0.2) is 6.03 Å². The molecule has 0 unspecified atom stereocenters. The topological polar surface area (TPSA) is 41.1 Å². The first-order valence-electron chi connectivity index (χ1n) is 2.78. The summed E-state index contributed by atoms with van der Waals surface area (Å²) in [4.78, 5) is 10.6. The third-order valence-corrected chi connectivity index (χ3v) is 0.621. The fourth-order valence-corrected chi connectivity index (χ4v) is 0.279. The van der Waals surface area contributed by atoms with Crippen LogP contribution < -0.4 is 10.6 Å². The molecule has 0 radical (unpaired) electrons. The maximum absolute atomic E-state index is 10.6. The standard InChI is InChI=1S/C9H4N2O/c1-3-5-7-10-9(12)11-8-6-4-2/h1-2H,(H2,10,11,12). The minimum atomic E-state index is -0.569. The SMILES string of the molecule is C#CC#CNC(=O)NC#CC#C. The summed E-state index contributed by atoms with van der Waals surface area (Å²) in [6, 6.07) is 3.82. The Morgan fingerprint density at radius 3 is 1.75 bits per heavy atom. The van der Waals surface area contributed by atoms with Crippen molar-refractivity contribution < 1.29 is 4.79 Å². The molecule has 0 heterocycles. The molecule has 3 heteroatoms. The second-order valence-electron chi connectivity index (χ2n) is 1.37. The van der Waals surface area contributed by atoms with Gasteiger partial charge in [-0.25, -0.2) is 4.79 Å². The predicted octanol–water partition coefficient (Wildman–Crippen LogP) is -0.526. The number of urea groups is 1. The Hall–Kier alpha value is -2.49. The van der Waals surface area contributed by atoms with Crippen LogP contribution in [0.4, 0.5) is 4.79 Å². The summed E-state index contributed by atoms with van der Waals surface area (Å²) in [5, 5.41) is 4.24. The molecule has 0 spiro atoms. The van der Waals surface area contributed by atoms with Crippen molar-refractivity contribution in [3.8, 4) is 48.6 Å². The molecule has 0 aromatic rings. The monoisotopic (exact) mass is 156 g/mol. The van der Waals surface area contributed by atoms with E-state index in [1.165, 1.54) is 0 Å². The number of amides is 2. The van der Waals surface area contributed by atoms with E-state index in [9.17, 15) is 4.79 Å². The molecule has 0 aliphatic heterocycles. The summed E-state index contributed by atoms with van der Waals surface area (Å²) in [6.45, 7) is 0. The van der Waals surface area contributed by atoms with Gasteiger partial charge >= 0.3 is 6.03 Å². The van der Waals surface area contributed by atoms with Gasteiger partial charge in [0.25, 0.3) is 0 Å². The Balaban J connectivity index is 3.79. The Morgan fingerprint density at radius 2 is 1.42 bits per heavy atom. The quantitative estimate of drug-likeness (QED) is 0.359. The summed E-state index contributed by atoms with van der Waals surface area (Å²) < 4.78 is 0. The number of carbonyl (C=O) groups is 1. The van der Waals surface area contributed by atoms with Gasteiger partial charge < -0.3 is 0 Å². The maximum atomic E-state index is 10.6. The molecule has 0 atom stereocenters. The van der Waals surface area contributed by atoms with Crippen LogP contribution in [0.2, 0.25) is 0 Å². The third-order valence-electron chi connectivity index (χ3n) is 0.621. The Bertz CT molecular complexity index is 324. The largest absolute Gasteiger partial charge is 0.338 e. The van der Waals surface area contributed by atoms with Gasteiger partial charge in [0.2, 0.25) is 0 Å². The summed E-state index contributed by atoms with van der Waals surface area (Å²) >= 11 is 0. The zero-order valence-corrected chi connectivity index (χ0v) is 6.06. The van der Waals surface area contributed by atoms with Crippen molar-refractivity contribution in [2.75, 3.05) is 0 Å². The lowest BCUT2D eigenvalue weighted by molar-refractivity contribution is 0.248. The molecule has 2 N–H and O–H groups in total. The first-order chi connectivity index (χ1) is 5.81. The van der Waals surface area contributed by atoms with Crippen LogP contribution >= 0.6 is 0 Å². The van der Waals surface area contributed by atoms with E-state index in [-0.39, 0.29) is 0 Å². The second kappa shape index (κ2) is 6.63. The van der Waals surface area contributed by atoms with Crippen molar-refractivity contribution in [2.45, 2.75) is 0 Å². The van der Waals surface area contributed by atoms with E-state index in [4.69, 9.17) is 12.8 Å². The molecule has 56 valence electrons. The van der Waals surface area contributed by atoms with Crippen molar-refractivity contribution in [1.29, 1.82) is 0 Å². The Labute approximate surface area is 70.9 Å². The van der Waals surface area contributed by atoms with Crippen molar-refractivity contribution in [3.63, 3.8) is 0 Å². The van der Waals surface area contributed by atoms with Crippen LogP contribution in [0.5, 0.6) is 0 Å². The van der Waals surface area contributed by atoms with E-state index in [1.807, 2.05) is 11.8 Å². The molecule has 3 nitrogen and oxygen atoms in total. The van der Waals surface area contributed by atoms with Crippen LogP contribution in [0.25, 0.3) is 0 Å². The van der Waals surface area contributed by atoms with Crippen molar-refractivity contribution in [3.05, 3.63) is 0 Å². The van der Waals surface area contributed by atoms with Crippen LogP contribution in [0, 0.1) is 48.6 Å². The van der Waals surface area contributed by atoms with Gasteiger partial charge in [0.05, 0.1) is 0 Å². The zero-order chi connectivity index (χ0) is 9.23. The van der Waals surface area contributed by atoms with Gasteiger partial charge in [0, 0.05) is 23.9 Å². The van der Waals surface area contributed by atoms with E-state index in [0.717, 1.165) is 0 Å². The number of nitrogens with one attached hydrogen (secondary N) is 2. The number of carbonyl (C=O) groups excluding carboxylic acids is 1. The third kappa shape index (κ3) is 5.64. The molecule has 0 saturated carbocycles. The molecule has 0 fully saturated rings. The van der Waals surface area contributed by atoms with Gasteiger partial charge in [-0.3, -0.25) is 10.6 Å². The van der Waals surface area contributed by atoms with Gasteiger partial charge in [-0.05, 0) is 11.8 Å². The minimum absolute atomic E-state index is 0.569. The highest BCUT2D eigenvalue weighted by Gasteiger charge is 1.89. The second-order valence-corrected chi connectivity index (χ2v) is 1.37. The summed E-state index contributed by atoms with van der Waals surface area (Å²) in [5.74, 6) is 8.41. The highest BCUT2D eigenvalue weighted by Crippen LogP contribution is 1.58. The average molecular weight is 156 g/mol. The van der Waals surface area contributed by atoms with Gasteiger partial charge in [0.15, 0.2) is 0 Å². The molecular weight excluding hydrogens is 152 g/mol. The molecule has 0 saturated heterocycles. The molecule has 0 aliphatic rings. The summed E-state index contributed by atoms with van der Waals surface area (Å²) in [6.07, 6.45) is 9.57. The van der Waals surface area contributed by atoms with Crippen molar-refractivity contribution in [2.24, 2.45) is 0 Å². The Morgan fingerprint density at radius 1 is 1.00 bits per heavy atom. The molecule has 0 aromatic carbocycles. The molecule has 0 aliphatic carbocycles. The fraction of sp³-hybridized carbons (Fsp3) is 0. The van der Waals surface area contributed by atoms with Gasteiger partial charge in [0.1, 0.15) is 0 Å². The zero-order valence-electron chi connectivity index (χ0n) is 6.06. The number of hydrogen-bond acceptors (Lipinski definition) is 1. The molecule has 0 rings (SSSR count). The lowest BCUT2D eigenvalue weighted by Gasteiger charge is -1.90. The first kappa shape index (κ1) is 9.51. The molecule has 0 aromatic heterocycles. The molecule has 2 amide bonds. The fourth-order valence-electron chi connectivity index (χ4n) is 0.279. The predicted molar refractivity (Wildman–Crippen MR) is 44.9 cm³/mol. The van der Waals surface area contributed by atoms with Crippen molar-refractivity contribution in [1.82, 2.24) is 10.6 Å². The minimum Gasteiger partial charge on any atom is -0.265 e. The van der Waals surface area contributed by atoms with Crippen LogP contribution in [0.3, 0.4) is 0 Å². The number of hydrogen-bond donors (Lipinski definition) is 2. The van der Waals surface area contributed by atoms with Crippen LogP contribution in [0.15, 0.2) is 0 Å². The van der Waals surface area contributed by atoms with Crippen LogP contribution in [0.1, 0.15) is 0 Å². The van der Waals surface area contributed by atoms with Gasteiger partial charge in [-0.15, -0.1) is 12.8 Å². The van der Waals surface area contributed by atoms with E-state index in [2.05, 4.69) is 34.6 Å². The number of terminal acetylenes is 2. The average Bonchev–Trinajstić information content (AvgIpc) is 2.06. The molecular formula is C9H4N2O. The maximum Gasteiger partial charge on any atom is 0.338 e. The van der Waals surface area contributed by atoms with Crippen LogP contribution in [-0.2, 0) is 0 Å². The summed E-state index contributed by atoms with van der Waals surface area (Å²) in [7, 11) is 0. The molecule has 0 bridgehead atoms. The lowest BCUT2D eigenvalue weighted by Crippen LogP contribution is -2.28. The highest BCUT2D eigenvalue weighted by molar-refractivity contribution is 5.77. The van der Waals surface area contributed by atoms with E-state index < -0.39 is 6.03 Å². The van der Waals surface area contributed by atoms with Crippen molar-refractivity contribution >= 4 is 6.03 Å². The van der Waals surface area contributed by atoms with E-state index in [0.29, 0.717) is 0 Å². The highest BCUT2D eigenvalue weighted by atomic mass is 16.2. The lowest BCUT2D eigenvalue weighted by atomic mass is 10.7. The summed E-state index contributed by atoms with van der Waals surface area (Å²) in [5.41, 5.74) is 0. The van der Waals surface area contributed by atoms with Gasteiger partial charge in [-0.2, -0.15) is 0 Å². The smallest absolute Gasteiger partial charge is 0.265 e. The molecule has 12 heavy (non-hydrogen) atoms. The normalized spacial score (nSPS) is 5.17. The first-order valence-corrected chi connectivity index (χ1v) is 2.78. The van der Waals surface area contributed by atoms with E-state index in [1.54, 1.807) is 0 Å². The van der Waals surface area contributed by atoms with E-state index >= 15 is 0 Å².